The molecule has 1 aromatic carbocycles. The highest BCUT2D eigenvalue weighted by Crippen LogP contribution is 2.19. The zero-order chi connectivity index (χ0) is 13.5. The van der Waals surface area contributed by atoms with Crippen molar-refractivity contribution in [2.75, 3.05) is 13.7 Å². The Morgan fingerprint density at radius 2 is 2.28 bits per heavy atom. The van der Waals surface area contributed by atoms with Crippen molar-refractivity contribution in [3.8, 4) is 12.3 Å². The minimum atomic E-state index is -0.579. The number of carbonyl (C=O) groups excluding carboxylic acids is 1. The van der Waals surface area contributed by atoms with E-state index in [9.17, 15) is 14.9 Å². The fourth-order valence-electron chi connectivity index (χ4n) is 1.34. The molecule has 6 heteroatoms. The molecule has 0 aliphatic carbocycles. The number of nitrogens with zero attached hydrogens (tertiary/aromatic N) is 1. The van der Waals surface area contributed by atoms with Gasteiger partial charge in [0.2, 0.25) is 0 Å². The van der Waals surface area contributed by atoms with Crippen molar-refractivity contribution in [2.45, 2.75) is 6.61 Å². The highest BCUT2D eigenvalue weighted by atomic mass is 16.6. The van der Waals surface area contributed by atoms with Gasteiger partial charge in [0.1, 0.15) is 6.61 Å². The summed E-state index contributed by atoms with van der Waals surface area (Å²) in [6.45, 7) is 0.0691. The Labute approximate surface area is 104 Å². The third-order valence-corrected chi connectivity index (χ3v) is 2.15. The molecule has 0 fully saturated rings. The summed E-state index contributed by atoms with van der Waals surface area (Å²) in [5.41, 5.74) is 0.466. The summed E-state index contributed by atoms with van der Waals surface area (Å²) < 4.78 is 9.65. The summed E-state index contributed by atoms with van der Waals surface area (Å²) in [4.78, 5) is 21.6. The van der Waals surface area contributed by atoms with Gasteiger partial charge >= 0.3 is 5.97 Å². The molecule has 18 heavy (non-hydrogen) atoms. The summed E-state index contributed by atoms with van der Waals surface area (Å²) in [6, 6.07) is 3.83. The number of terminal acetylenes is 1. The van der Waals surface area contributed by atoms with E-state index in [1.54, 1.807) is 0 Å². The van der Waals surface area contributed by atoms with Crippen molar-refractivity contribution >= 4 is 11.7 Å². The average Bonchev–Trinajstić information content (AvgIpc) is 2.38. The maximum atomic E-state index is 11.5. The second-order valence-electron chi connectivity index (χ2n) is 3.29. The van der Waals surface area contributed by atoms with Gasteiger partial charge in [-0.3, -0.25) is 10.1 Å². The molecule has 0 aromatic heterocycles. The van der Waals surface area contributed by atoms with Crippen molar-refractivity contribution in [1.29, 1.82) is 0 Å². The molecule has 0 aliphatic heterocycles. The summed E-state index contributed by atoms with van der Waals surface area (Å²) >= 11 is 0. The van der Waals surface area contributed by atoms with Crippen LogP contribution in [0.25, 0.3) is 0 Å². The fraction of sp³-hybridized carbons (Fsp3) is 0.250. The summed E-state index contributed by atoms with van der Waals surface area (Å²) in [5.74, 6) is 1.69. The lowest BCUT2D eigenvalue weighted by molar-refractivity contribution is -0.385. The number of non-ortho nitro benzene ring substituents is 1. The van der Waals surface area contributed by atoms with E-state index in [1.165, 1.54) is 25.3 Å². The topological polar surface area (TPSA) is 78.7 Å². The maximum absolute atomic E-state index is 11.5. The van der Waals surface area contributed by atoms with Crippen molar-refractivity contribution in [1.82, 2.24) is 0 Å². The van der Waals surface area contributed by atoms with Crippen LogP contribution in [0.15, 0.2) is 18.2 Å². The summed E-state index contributed by atoms with van der Waals surface area (Å²) in [5, 5.41) is 10.7. The van der Waals surface area contributed by atoms with Crippen molar-refractivity contribution in [3.05, 3.63) is 39.4 Å². The van der Waals surface area contributed by atoms with Gasteiger partial charge < -0.3 is 9.47 Å². The van der Waals surface area contributed by atoms with Crippen LogP contribution < -0.4 is 0 Å². The van der Waals surface area contributed by atoms with Crippen LogP contribution in [0.1, 0.15) is 15.9 Å². The number of rotatable bonds is 5. The smallest absolute Gasteiger partial charge is 0.338 e. The molecule has 6 nitrogen and oxygen atoms in total. The van der Waals surface area contributed by atoms with E-state index in [4.69, 9.17) is 11.2 Å². The van der Waals surface area contributed by atoms with E-state index >= 15 is 0 Å². The summed E-state index contributed by atoms with van der Waals surface area (Å²) in [7, 11) is 1.23. The van der Waals surface area contributed by atoms with Crippen LogP contribution >= 0.6 is 0 Å². The molecule has 0 atom stereocenters. The third-order valence-electron chi connectivity index (χ3n) is 2.15. The molecular formula is C12H11NO5. The highest BCUT2D eigenvalue weighted by Gasteiger charge is 2.16. The Hall–Kier alpha value is -2.39. The minimum Gasteiger partial charge on any atom is -0.465 e. The van der Waals surface area contributed by atoms with Crippen LogP contribution in [0.4, 0.5) is 5.69 Å². The largest absolute Gasteiger partial charge is 0.465 e. The molecule has 94 valence electrons. The van der Waals surface area contributed by atoms with Crippen LogP contribution in [-0.4, -0.2) is 24.6 Å². The predicted molar refractivity (Wildman–Crippen MR) is 62.9 cm³/mol. The Bertz CT molecular complexity index is 504. The number of nitro groups is 1. The Kier molecular flexibility index (Phi) is 4.84. The summed E-state index contributed by atoms with van der Waals surface area (Å²) in [6.07, 6.45) is 5.02. The minimum absolute atomic E-state index is 0.0102. The Morgan fingerprint density at radius 3 is 2.83 bits per heavy atom. The number of ether oxygens (including phenoxy) is 2. The molecule has 0 aliphatic rings. The van der Waals surface area contributed by atoms with E-state index in [0.29, 0.717) is 5.56 Å². The van der Waals surface area contributed by atoms with Gasteiger partial charge in [-0.05, 0) is 11.6 Å². The van der Waals surface area contributed by atoms with Crippen molar-refractivity contribution in [2.24, 2.45) is 0 Å². The first-order valence-electron chi connectivity index (χ1n) is 4.97. The van der Waals surface area contributed by atoms with E-state index < -0.39 is 10.9 Å². The quantitative estimate of drug-likeness (QED) is 0.260. The van der Waals surface area contributed by atoms with Gasteiger partial charge in [0.15, 0.2) is 0 Å². The molecule has 0 heterocycles. The molecule has 0 radical (unpaired) electrons. The number of esters is 1. The molecule has 1 aromatic rings. The normalized spacial score (nSPS) is 9.56. The molecule has 0 bridgehead atoms. The van der Waals surface area contributed by atoms with E-state index in [2.05, 4.69) is 10.7 Å². The van der Waals surface area contributed by atoms with Gasteiger partial charge in [0.05, 0.1) is 24.2 Å². The Balaban J connectivity index is 3.06. The molecule has 1 rings (SSSR count). The van der Waals surface area contributed by atoms with Gasteiger partial charge in [0, 0.05) is 12.1 Å². The SMILES string of the molecule is C#CCOCc1cc([N+](=O)[O-])ccc1C(=O)OC. The van der Waals surface area contributed by atoms with Crippen LogP contribution in [-0.2, 0) is 16.1 Å². The lowest BCUT2D eigenvalue weighted by atomic mass is 10.1. The number of methoxy groups -OCH3 is 1. The average molecular weight is 249 g/mol. The van der Waals surface area contributed by atoms with Crippen LogP contribution in [0.3, 0.4) is 0 Å². The van der Waals surface area contributed by atoms with Gasteiger partial charge in [-0.15, -0.1) is 6.42 Å². The van der Waals surface area contributed by atoms with Crippen molar-refractivity contribution in [3.63, 3.8) is 0 Å². The first-order chi connectivity index (χ1) is 8.60. The van der Waals surface area contributed by atoms with E-state index in [1.807, 2.05) is 0 Å². The monoisotopic (exact) mass is 249 g/mol. The second kappa shape index (κ2) is 6.37. The molecule has 0 saturated carbocycles. The van der Waals surface area contributed by atoms with Crippen molar-refractivity contribution < 1.29 is 19.2 Å². The van der Waals surface area contributed by atoms with E-state index in [0.717, 1.165) is 0 Å². The highest BCUT2D eigenvalue weighted by molar-refractivity contribution is 5.91. The molecular weight excluding hydrogens is 238 g/mol. The molecule has 0 amide bonds. The number of benzene rings is 1. The molecule has 0 N–H and O–H groups in total. The van der Waals surface area contributed by atoms with Crippen LogP contribution in [0.2, 0.25) is 0 Å². The van der Waals surface area contributed by atoms with Crippen LogP contribution in [0.5, 0.6) is 0 Å². The number of hydrogen-bond acceptors (Lipinski definition) is 5. The molecule has 0 saturated heterocycles. The molecule has 0 unspecified atom stereocenters. The number of hydrogen-bond donors (Lipinski definition) is 0. The molecule has 0 spiro atoms. The van der Waals surface area contributed by atoms with Gasteiger partial charge in [-0.1, -0.05) is 5.92 Å². The number of carbonyl (C=O) groups is 1. The predicted octanol–water partition coefficient (Wildman–Crippen LogP) is 1.53. The lowest BCUT2D eigenvalue weighted by Gasteiger charge is -2.07. The van der Waals surface area contributed by atoms with Crippen LogP contribution in [0, 0.1) is 22.5 Å². The number of nitro benzene ring substituents is 1. The Morgan fingerprint density at radius 1 is 1.56 bits per heavy atom. The first kappa shape index (κ1) is 13.7. The fourth-order valence-corrected chi connectivity index (χ4v) is 1.34. The second-order valence-corrected chi connectivity index (χ2v) is 3.29. The third kappa shape index (κ3) is 3.30. The van der Waals surface area contributed by atoms with E-state index in [-0.39, 0.29) is 24.5 Å². The van der Waals surface area contributed by atoms with Gasteiger partial charge in [0.25, 0.3) is 5.69 Å². The lowest BCUT2D eigenvalue weighted by Crippen LogP contribution is -2.08. The first-order valence-corrected chi connectivity index (χ1v) is 4.97. The zero-order valence-corrected chi connectivity index (χ0v) is 9.71. The van der Waals surface area contributed by atoms with Gasteiger partial charge in [-0.2, -0.15) is 0 Å². The zero-order valence-electron chi connectivity index (χ0n) is 9.71. The van der Waals surface area contributed by atoms with Gasteiger partial charge in [-0.25, -0.2) is 4.79 Å². The standard InChI is InChI=1S/C12H11NO5/c1-3-6-18-8-9-7-10(13(15)16)4-5-11(9)12(14)17-2/h1,4-5,7H,6,8H2,2H3. The maximum Gasteiger partial charge on any atom is 0.338 e.